The van der Waals surface area contributed by atoms with Crippen molar-refractivity contribution >= 4 is 34.0 Å². The Morgan fingerprint density at radius 2 is 1.75 bits per heavy atom. The van der Waals surface area contributed by atoms with Crippen LogP contribution in [-0.4, -0.2) is 10.9 Å². The number of carboxylic acids is 1. The summed E-state index contributed by atoms with van der Waals surface area (Å²) in [5.41, 5.74) is -2.06. The highest BCUT2D eigenvalue weighted by Gasteiger charge is 2.25. The Hall–Kier alpha value is -3.68. The van der Waals surface area contributed by atoms with Gasteiger partial charge in [-0.15, -0.1) is 0 Å². The predicted octanol–water partition coefficient (Wildman–Crippen LogP) is 1.81. The molecule has 1 N–H and O–H groups in total. The van der Waals surface area contributed by atoms with Gasteiger partial charge in [-0.2, -0.15) is 0 Å². The van der Waals surface area contributed by atoms with Gasteiger partial charge in [-0.25, -0.2) is 4.79 Å². The van der Waals surface area contributed by atoms with Crippen molar-refractivity contribution in [3.63, 3.8) is 0 Å². The summed E-state index contributed by atoms with van der Waals surface area (Å²) in [7, 11) is 0. The molecule has 2 aromatic carbocycles. The number of hydrogen-bond acceptors (Lipinski definition) is 7. The van der Waals surface area contributed by atoms with E-state index in [2.05, 4.69) is 5.32 Å². The van der Waals surface area contributed by atoms with E-state index in [9.17, 15) is 24.8 Å². The van der Waals surface area contributed by atoms with E-state index in [1.54, 1.807) is 18.2 Å². The largest absolute Gasteiger partial charge is 0.545 e. The predicted molar refractivity (Wildman–Crippen MR) is 83.2 cm³/mol. The highest BCUT2D eigenvalue weighted by Crippen LogP contribution is 2.33. The first-order valence-corrected chi connectivity index (χ1v) is 6.76. The van der Waals surface area contributed by atoms with E-state index in [1.165, 1.54) is 30.3 Å². The van der Waals surface area contributed by atoms with Crippen LogP contribution in [0.5, 0.6) is 0 Å². The second-order valence-corrected chi connectivity index (χ2v) is 4.82. The van der Waals surface area contributed by atoms with Crippen LogP contribution in [0.2, 0.25) is 0 Å². The van der Waals surface area contributed by atoms with E-state index in [0.29, 0.717) is 0 Å². The van der Waals surface area contributed by atoms with Crippen LogP contribution in [0.4, 0.5) is 17.1 Å². The normalized spacial score (nSPS) is 10.5. The van der Waals surface area contributed by atoms with Gasteiger partial charge in [0.15, 0.2) is 0 Å². The number of carbonyl (C=O) groups excluding carboxylic acids is 1. The molecular weight excluding hydrogens is 316 g/mol. The Morgan fingerprint density at radius 1 is 1.08 bits per heavy atom. The number of nitro groups is 1. The van der Waals surface area contributed by atoms with Crippen molar-refractivity contribution in [2.24, 2.45) is 0 Å². The summed E-state index contributed by atoms with van der Waals surface area (Å²) in [6, 6.07) is 12.0. The number of rotatable bonds is 4. The Morgan fingerprint density at radius 3 is 2.46 bits per heavy atom. The molecule has 1 heterocycles. The molecule has 8 heteroatoms. The molecular formula is C16H9N2O6-. The van der Waals surface area contributed by atoms with Crippen molar-refractivity contribution in [3.05, 3.63) is 74.6 Å². The molecule has 0 aliphatic heterocycles. The molecule has 0 aliphatic carbocycles. The van der Waals surface area contributed by atoms with Crippen molar-refractivity contribution in [1.82, 2.24) is 0 Å². The van der Waals surface area contributed by atoms with Gasteiger partial charge in [-0.05, 0) is 18.2 Å². The maximum atomic E-state index is 11.9. The van der Waals surface area contributed by atoms with E-state index in [0.717, 1.165) is 0 Å². The smallest absolute Gasteiger partial charge is 0.417 e. The lowest BCUT2D eigenvalue weighted by atomic mass is 10.1. The molecule has 8 nitrogen and oxygen atoms in total. The molecule has 1 aromatic heterocycles. The molecule has 0 unspecified atom stereocenters. The minimum Gasteiger partial charge on any atom is -0.545 e. The Kier molecular flexibility index (Phi) is 3.70. The number of carbonyl (C=O) groups is 1. The Bertz CT molecular complexity index is 1020. The number of nitrogens with one attached hydrogen (secondary N) is 1. The van der Waals surface area contributed by atoms with Gasteiger partial charge in [-0.1, -0.05) is 30.3 Å². The summed E-state index contributed by atoms with van der Waals surface area (Å²) >= 11 is 0. The minimum absolute atomic E-state index is 0.0661. The molecule has 3 rings (SSSR count). The van der Waals surface area contributed by atoms with Crippen LogP contribution in [0, 0.1) is 10.1 Å². The van der Waals surface area contributed by atoms with Crippen LogP contribution in [0.15, 0.2) is 57.7 Å². The van der Waals surface area contributed by atoms with Crippen LogP contribution >= 0.6 is 0 Å². The molecule has 0 amide bonds. The summed E-state index contributed by atoms with van der Waals surface area (Å²) in [6.45, 7) is 0. The molecule has 0 saturated carbocycles. The molecule has 120 valence electrons. The molecule has 3 aromatic rings. The molecule has 0 saturated heterocycles. The number of para-hydroxylation sites is 2. The van der Waals surface area contributed by atoms with E-state index in [1.807, 2.05) is 0 Å². The zero-order valence-corrected chi connectivity index (χ0v) is 12.0. The van der Waals surface area contributed by atoms with Gasteiger partial charge in [-0.3, -0.25) is 10.1 Å². The van der Waals surface area contributed by atoms with E-state index < -0.39 is 22.2 Å². The van der Waals surface area contributed by atoms with Crippen molar-refractivity contribution in [2.75, 3.05) is 5.32 Å². The lowest BCUT2D eigenvalue weighted by Crippen LogP contribution is -2.23. The first-order valence-electron chi connectivity index (χ1n) is 6.76. The molecule has 0 fully saturated rings. The van der Waals surface area contributed by atoms with Crippen LogP contribution in [-0.2, 0) is 0 Å². The number of benzene rings is 2. The third-order valence-corrected chi connectivity index (χ3v) is 3.38. The third kappa shape index (κ3) is 2.56. The summed E-state index contributed by atoms with van der Waals surface area (Å²) in [4.78, 5) is 33.5. The fourth-order valence-corrected chi connectivity index (χ4v) is 2.34. The Labute approximate surface area is 134 Å². The Balaban J connectivity index is 2.30. The summed E-state index contributed by atoms with van der Waals surface area (Å²) < 4.78 is 4.94. The lowest BCUT2D eigenvalue weighted by molar-refractivity contribution is -0.386. The molecule has 24 heavy (non-hydrogen) atoms. The van der Waals surface area contributed by atoms with Crippen LogP contribution in [0.3, 0.4) is 0 Å². The van der Waals surface area contributed by atoms with Crippen molar-refractivity contribution in [1.29, 1.82) is 0 Å². The zero-order valence-electron chi connectivity index (χ0n) is 12.0. The first-order chi connectivity index (χ1) is 11.5. The van der Waals surface area contributed by atoms with Gasteiger partial charge in [0, 0.05) is 16.6 Å². The SMILES string of the molecule is O=C([O-])c1ccccc1Nc1c([N+](=O)[O-])c(=O)oc2ccccc12. The van der Waals surface area contributed by atoms with Crippen molar-refractivity contribution in [3.8, 4) is 0 Å². The first kappa shape index (κ1) is 15.2. The minimum atomic E-state index is -1.45. The molecule has 0 atom stereocenters. The second-order valence-electron chi connectivity index (χ2n) is 4.82. The van der Waals surface area contributed by atoms with Gasteiger partial charge in [0.2, 0.25) is 0 Å². The van der Waals surface area contributed by atoms with Gasteiger partial charge in [0.25, 0.3) is 0 Å². The topological polar surface area (TPSA) is 126 Å². The standard InChI is InChI=1S/C16H10N2O6/c19-15(20)9-5-1-3-7-11(9)17-13-10-6-2-4-8-12(10)24-16(21)14(13)18(22)23/h1-8,17H,(H,19,20)/p-1. The highest BCUT2D eigenvalue weighted by atomic mass is 16.6. The number of anilines is 2. The highest BCUT2D eigenvalue weighted by molar-refractivity contribution is 6.00. The van der Waals surface area contributed by atoms with E-state index in [-0.39, 0.29) is 27.9 Å². The van der Waals surface area contributed by atoms with Crippen LogP contribution in [0.1, 0.15) is 10.4 Å². The summed E-state index contributed by atoms with van der Waals surface area (Å²) in [5.74, 6) is -1.45. The maximum Gasteiger partial charge on any atom is 0.417 e. The monoisotopic (exact) mass is 325 g/mol. The fraction of sp³-hybridized carbons (Fsp3) is 0. The van der Waals surface area contributed by atoms with Gasteiger partial charge < -0.3 is 19.6 Å². The second kappa shape index (κ2) is 5.84. The van der Waals surface area contributed by atoms with Gasteiger partial charge in [0.1, 0.15) is 11.3 Å². The van der Waals surface area contributed by atoms with Crippen molar-refractivity contribution < 1.29 is 19.2 Å². The van der Waals surface area contributed by atoms with Gasteiger partial charge in [0.05, 0.1) is 10.9 Å². The third-order valence-electron chi connectivity index (χ3n) is 3.38. The average Bonchev–Trinajstić information content (AvgIpc) is 2.54. The quantitative estimate of drug-likeness (QED) is 0.440. The number of aromatic carboxylic acids is 1. The number of carboxylic acid groups (broad SMARTS) is 1. The lowest BCUT2D eigenvalue weighted by Gasteiger charge is -2.13. The van der Waals surface area contributed by atoms with Crippen LogP contribution in [0.25, 0.3) is 11.0 Å². The van der Waals surface area contributed by atoms with E-state index in [4.69, 9.17) is 4.42 Å². The molecule has 0 radical (unpaired) electrons. The summed E-state index contributed by atoms with van der Waals surface area (Å²) in [6.07, 6.45) is 0. The van der Waals surface area contributed by atoms with E-state index >= 15 is 0 Å². The maximum absolute atomic E-state index is 11.9. The number of nitrogens with zero attached hydrogens (tertiary/aromatic N) is 1. The number of fused-ring (bicyclic) bond motifs is 1. The molecule has 0 aliphatic rings. The zero-order chi connectivity index (χ0) is 17.3. The number of hydrogen-bond donors (Lipinski definition) is 1. The fourth-order valence-electron chi connectivity index (χ4n) is 2.34. The summed E-state index contributed by atoms with van der Waals surface area (Å²) in [5, 5.41) is 25.4. The van der Waals surface area contributed by atoms with Crippen molar-refractivity contribution in [2.45, 2.75) is 0 Å². The molecule has 0 spiro atoms. The average molecular weight is 325 g/mol. The molecule has 0 bridgehead atoms. The van der Waals surface area contributed by atoms with Crippen LogP contribution < -0.4 is 16.0 Å². The van der Waals surface area contributed by atoms with Gasteiger partial charge >= 0.3 is 11.3 Å².